The second-order valence-corrected chi connectivity index (χ2v) is 5.45. The minimum absolute atomic E-state index is 0.223. The molecule has 1 aliphatic heterocycles. The van der Waals surface area contributed by atoms with Gasteiger partial charge in [-0.25, -0.2) is 4.98 Å². The number of carbonyl (C=O) groups is 1. The molecule has 0 fully saturated rings. The smallest absolute Gasteiger partial charge is 0.289 e. The van der Waals surface area contributed by atoms with Crippen LogP contribution in [0.15, 0.2) is 22.6 Å². The zero-order chi connectivity index (χ0) is 15.5. The van der Waals surface area contributed by atoms with Crippen molar-refractivity contribution in [2.45, 2.75) is 39.7 Å². The maximum absolute atomic E-state index is 12.2. The fraction of sp³-hybridized carbons (Fsp3) is 0.412. The highest BCUT2D eigenvalue weighted by Gasteiger charge is 2.17. The van der Waals surface area contributed by atoms with Crippen LogP contribution in [0.3, 0.4) is 0 Å². The Hall–Kier alpha value is -2.30. The van der Waals surface area contributed by atoms with Crippen molar-refractivity contribution in [1.29, 1.82) is 0 Å². The first-order valence-corrected chi connectivity index (χ1v) is 7.66. The maximum atomic E-state index is 12.2. The Kier molecular flexibility index (Phi) is 4.13. The zero-order valence-corrected chi connectivity index (χ0v) is 12.9. The molecule has 0 saturated carbocycles. The summed E-state index contributed by atoms with van der Waals surface area (Å²) in [4.78, 5) is 16.4. The molecule has 5 nitrogen and oxygen atoms in total. The number of rotatable bonds is 4. The number of aryl methyl sites for hydroxylation is 3. The highest BCUT2D eigenvalue weighted by Crippen LogP contribution is 2.25. The van der Waals surface area contributed by atoms with Crippen LogP contribution in [0.2, 0.25) is 0 Å². The number of hydrogen-bond donors (Lipinski definition) is 1. The molecule has 1 amide bonds. The molecular formula is C17H20N2O3. The van der Waals surface area contributed by atoms with Crippen LogP contribution in [-0.4, -0.2) is 17.5 Å². The average Bonchev–Trinajstić information content (AvgIpc) is 2.93. The molecule has 3 rings (SSSR count). The molecule has 0 unspecified atom stereocenters. The first-order chi connectivity index (χ1) is 10.7. The Balaban J connectivity index is 1.66. The average molecular weight is 300 g/mol. The monoisotopic (exact) mass is 300 g/mol. The van der Waals surface area contributed by atoms with Crippen molar-refractivity contribution in [3.63, 3.8) is 0 Å². The fourth-order valence-electron chi connectivity index (χ4n) is 2.60. The van der Waals surface area contributed by atoms with Crippen molar-refractivity contribution in [2.24, 2.45) is 0 Å². The summed E-state index contributed by atoms with van der Waals surface area (Å²) in [7, 11) is 0. The number of benzene rings is 1. The van der Waals surface area contributed by atoms with E-state index < -0.39 is 0 Å². The van der Waals surface area contributed by atoms with Crippen LogP contribution in [-0.2, 0) is 19.4 Å². The molecule has 116 valence electrons. The van der Waals surface area contributed by atoms with E-state index in [4.69, 9.17) is 9.15 Å². The van der Waals surface area contributed by atoms with Crippen LogP contribution in [0, 0.1) is 6.92 Å². The van der Waals surface area contributed by atoms with Crippen molar-refractivity contribution >= 4 is 5.91 Å². The highest BCUT2D eigenvalue weighted by molar-refractivity contribution is 5.92. The maximum Gasteiger partial charge on any atom is 0.289 e. The van der Waals surface area contributed by atoms with Gasteiger partial charge in [-0.1, -0.05) is 19.1 Å². The van der Waals surface area contributed by atoms with Crippen LogP contribution >= 0.6 is 0 Å². The lowest BCUT2D eigenvalue weighted by Gasteiger charge is -2.17. The molecule has 1 N–H and O–H groups in total. The molecule has 5 heteroatoms. The topological polar surface area (TPSA) is 64.4 Å². The second kappa shape index (κ2) is 6.22. The molecule has 0 atom stereocenters. The lowest BCUT2D eigenvalue weighted by molar-refractivity contribution is 0.0920. The summed E-state index contributed by atoms with van der Waals surface area (Å²) in [5, 5.41) is 2.89. The lowest BCUT2D eigenvalue weighted by atomic mass is 10.0. The van der Waals surface area contributed by atoms with E-state index in [1.807, 2.05) is 19.1 Å². The number of amides is 1. The fourth-order valence-corrected chi connectivity index (χ4v) is 2.60. The predicted molar refractivity (Wildman–Crippen MR) is 82.0 cm³/mol. The number of aromatic nitrogens is 1. The summed E-state index contributed by atoms with van der Waals surface area (Å²) in [5.74, 6) is 1.63. The molecule has 0 radical (unpaired) electrons. The van der Waals surface area contributed by atoms with Crippen LogP contribution in [0.1, 0.15) is 46.6 Å². The molecule has 2 aromatic rings. The number of hydrogen-bond acceptors (Lipinski definition) is 4. The van der Waals surface area contributed by atoms with Crippen LogP contribution in [0.25, 0.3) is 0 Å². The van der Waals surface area contributed by atoms with Gasteiger partial charge in [-0.05, 0) is 37.0 Å². The molecule has 0 aliphatic carbocycles. The quantitative estimate of drug-likeness (QED) is 0.943. The summed E-state index contributed by atoms with van der Waals surface area (Å²) in [6.07, 6.45) is 2.75. The molecular weight excluding hydrogens is 280 g/mol. The van der Waals surface area contributed by atoms with Crippen molar-refractivity contribution < 1.29 is 13.9 Å². The van der Waals surface area contributed by atoms with Gasteiger partial charge in [-0.3, -0.25) is 4.79 Å². The molecule has 1 aromatic carbocycles. The summed E-state index contributed by atoms with van der Waals surface area (Å²) >= 11 is 0. The standard InChI is InChI=1S/C17H20N2O3/c1-3-15-19-11(2)16(22-15)17(20)18-10-12-6-7-14-13(9-12)5-4-8-21-14/h6-7,9H,3-5,8,10H2,1-2H3,(H,18,20). The van der Waals surface area contributed by atoms with Crippen molar-refractivity contribution in [3.8, 4) is 5.75 Å². The molecule has 0 saturated heterocycles. The van der Waals surface area contributed by atoms with Gasteiger partial charge in [-0.2, -0.15) is 0 Å². The van der Waals surface area contributed by atoms with Gasteiger partial charge in [0.2, 0.25) is 5.76 Å². The summed E-state index contributed by atoms with van der Waals surface area (Å²) in [6, 6.07) is 6.06. The summed E-state index contributed by atoms with van der Waals surface area (Å²) in [6.45, 7) is 4.98. The Morgan fingerprint density at radius 3 is 3.05 bits per heavy atom. The number of oxazole rings is 1. The largest absolute Gasteiger partial charge is 0.493 e. The van der Waals surface area contributed by atoms with Gasteiger partial charge in [0, 0.05) is 13.0 Å². The van der Waals surface area contributed by atoms with Gasteiger partial charge in [-0.15, -0.1) is 0 Å². The van der Waals surface area contributed by atoms with E-state index in [1.54, 1.807) is 6.92 Å². The number of nitrogens with one attached hydrogen (secondary N) is 1. The van der Waals surface area contributed by atoms with E-state index in [9.17, 15) is 4.79 Å². The molecule has 0 spiro atoms. The third-order valence-corrected chi connectivity index (χ3v) is 3.78. The van der Waals surface area contributed by atoms with Crippen LogP contribution < -0.4 is 10.1 Å². The molecule has 1 aliphatic rings. The van der Waals surface area contributed by atoms with Gasteiger partial charge in [0.1, 0.15) is 5.75 Å². The Morgan fingerprint density at radius 1 is 1.41 bits per heavy atom. The predicted octanol–water partition coefficient (Wildman–Crippen LogP) is 2.80. The third-order valence-electron chi connectivity index (χ3n) is 3.78. The SMILES string of the molecule is CCc1nc(C)c(C(=O)NCc2ccc3c(c2)CCCO3)o1. The first-order valence-electron chi connectivity index (χ1n) is 7.66. The Bertz CT molecular complexity index is 691. The van der Waals surface area contributed by atoms with Crippen molar-refractivity contribution in [1.82, 2.24) is 10.3 Å². The van der Waals surface area contributed by atoms with Gasteiger partial charge < -0.3 is 14.5 Å². The van der Waals surface area contributed by atoms with E-state index in [1.165, 1.54) is 5.56 Å². The molecule has 2 heterocycles. The minimum atomic E-state index is -0.223. The second-order valence-electron chi connectivity index (χ2n) is 5.45. The lowest BCUT2D eigenvalue weighted by Crippen LogP contribution is -2.23. The zero-order valence-electron chi connectivity index (χ0n) is 12.9. The Morgan fingerprint density at radius 2 is 2.27 bits per heavy atom. The van der Waals surface area contributed by atoms with E-state index in [0.717, 1.165) is 30.8 Å². The normalized spacial score (nSPS) is 13.4. The molecule has 0 bridgehead atoms. The Labute approximate surface area is 129 Å². The highest BCUT2D eigenvalue weighted by atomic mass is 16.5. The first kappa shape index (κ1) is 14.6. The number of nitrogens with zero attached hydrogens (tertiary/aromatic N) is 1. The molecule has 1 aromatic heterocycles. The minimum Gasteiger partial charge on any atom is -0.493 e. The summed E-state index contributed by atoms with van der Waals surface area (Å²) in [5.41, 5.74) is 2.90. The van der Waals surface area contributed by atoms with Gasteiger partial charge in [0.05, 0.1) is 12.3 Å². The number of carbonyl (C=O) groups excluding carboxylic acids is 1. The van der Waals surface area contributed by atoms with Gasteiger partial charge in [0.25, 0.3) is 5.91 Å². The third kappa shape index (κ3) is 2.98. The van der Waals surface area contributed by atoms with Crippen molar-refractivity contribution in [2.75, 3.05) is 6.61 Å². The number of ether oxygens (including phenoxy) is 1. The van der Waals surface area contributed by atoms with E-state index >= 15 is 0 Å². The van der Waals surface area contributed by atoms with E-state index in [0.29, 0.717) is 30.3 Å². The van der Waals surface area contributed by atoms with Gasteiger partial charge >= 0.3 is 0 Å². The van der Waals surface area contributed by atoms with Crippen LogP contribution in [0.4, 0.5) is 0 Å². The molecule has 22 heavy (non-hydrogen) atoms. The van der Waals surface area contributed by atoms with E-state index in [-0.39, 0.29) is 5.91 Å². The van der Waals surface area contributed by atoms with Crippen LogP contribution in [0.5, 0.6) is 5.75 Å². The number of fused-ring (bicyclic) bond motifs is 1. The summed E-state index contributed by atoms with van der Waals surface area (Å²) < 4.78 is 11.1. The van der Waals surface area contributed by atoms with Crippen molar-refractivity contribution in [3.05, 3.63) is 46.7 Å². The van der Waals surface area contributed by atoms with E-state index in [2.05, 4.69) is 16.4 Å². The van der Waals surface area contributed by atoms with Gasteiger partial charge in [0.15, 0.2) is 5.89 Å².